The first-order valence-electron chi connectivity index (χ1n) is 8.40. The van der Waals surface area contributed by atoms with E-state index in [0.29, 0.717) is 16.4 Å². The Morgan fingerprint density at radius 3 is 2.44 bits per heavy atom. The summed E-state index contributed by atoms with van der Waals surface area (Å²) in [4.78, 5) is 11.7. The Morgan fingerprint density at radius 2 is 1.85 bits per heavy atom. The molecule has 0 saturated heterocycles. The molecule has 1 aliphatic carbocycles. The van der Waals surface area contributed by atoms with Gasteiger partial charge in [-0.3, -0.25) is 0 Å². The summed E-state index contributed by atoms with van der Waals surface area (Å²) >= 11 is 6.40. The van der Waals surface area contributed by atoms with E-state index in [1.165, 1.54) is 12.7 Å². The van der Waals surface area contributed by atoms with Crippen LogP contribution < -0.4 is 0 Å². The topological polar surface area (TPSA) is 57.0 Å². The number of halogens is 2. The first-order chi connectivity index (χ1) is 12.6. The van der Waals surface area contributed by atoms with Gasteiger partial charge in [-0.05, 0) is 36.6 Å². The van der Waals surface area contributed by atoms with Crippen molar-refractivity contribution < 1.29 is 9.53 Å². The number of hydrogen-bond acceptors (Lipinski definition) is 4. The summed E-state index contributed by atoms with van der Waals surface area (Å²) in [5.41, 5.74) is 2.34. The molecule has 7 heteroatoms. The van der Waals surface area contributed by atoms with Crippen molar-refractivity contribution in [1.29, 1.82) is 0 Å². The lowest BCUT2D eigenvalue weighted by molar-refractivity contribution is 0.0601. The summed E-state index contributed by atoms with van der Waals surface area (Å²) in [6.07, 6.45) is 2.11. The van der Waals surface area contributed by atoms with E-state index < -0.39 is 5.97 Å². The van der Waals surface area contributed by atoms with Gasteiger partial charge in [0.05, 0.1) is 23.1 Å². The second kappa shape index (κ2) is 7.33. The average molecular weight is 404 g/mol. The quantitative estimate of drug-likeness (QED) is 0.604. The Kier molecular flexibility index (Phi) is 5.27. The fourth-order valence-corrected chi connectivity index (χ4v) is 3.71. The third-order valence-corrected chi connectivity index (χ3v) is 5.32. The molecule has 3 aromatic rings. The molecule has 5 nitrogen and oxygen atoms in total. The lowest BCUT2D eigenvalue weighted by atomic mass is 9.95. The SMILES string of the molecule is COC(=O)c1ccc(-c2nnc(C3(c4ccccc4)CC3)n2C)c(Cl)c1.Cl. The fourth-order valence-electron chi connectivity index (χ4n) is 3.45. The van der Waals surface area contributed by atoms with Crippen molar-refractivity contribution >= 4 is 30.0 Å². The number of carbonyl (C=O) groups excluding carboxylic acids is 1. The van der Waals surface area contributed by atoms with Crippen molar-refractivity contribution in [3.8, 4) is 11.4 Å². The molecule has 1 heterocycles. The molecule has 0 N–H and O–H groups in total. The Labute approximate surface area is 168 Å². The molecule has 0 radical (unpaired) electrons. The van der Waals surface area contributed by atoms with Crippen molar-refractivity contribution in [2.45, 2.75) is 18.3 Å². The normalized spacial score (nSPS) is 14.3. The molecular weight excluding hydrogens is 385 g/mol. The lowest BCUT2D eigenvalue weighted by Crippen LogP contribution is -2.15. The second-order valence-corrected chi connectivity index (χ2v) is 6.95. The van der Waals surface area contributed by atoms with Gasteiger partial charge in [-0.25, -0.2) is 4.79 Å². The van der Waals surface area contributed by atoms with Crippen molar-refractivity contribution in [2.24, 2.45) is 7.05 Å². The number of aromatic nitrogens is 3. The van der Waals surface area contributed by atoms with E-state index in [2.05, 4.69) is 34.5 Å². The Bertz CT molecular complexity index is 982. The van der Waals surface area contributed by atoms with Crippen molar-refractivity contribution in [1.82, 2.24) is 14.8 Å². The summed E-state index contributed by atoms with van der Waals surface area (Å²) in [6.45, 7) is 0. The molecule has 0 aliphatic heterocycles. The molecule has 0 unspecified atom stereocenters. The molecule has 0 bridgehead atoms. The number of nitrogens with zero attached hydrogens (tertiary/aromatic N) is 3. The molecule has 0 amide bonds. The summed E-state index contributed by atoms with van der Waals surface area (Å²) in [7, 11) is 3.30. The van der Waals surface area contributed by atoms with E-state index in [4.69, 9.17) is 16.3 Å². The largest absolute Gasteiger partial charge is 0.465 e. The van der Waals surface area contributed by atoms with Crippen LogP contribution in [0.25, 0.3) is 11.4 Å². The summed E-state index contributed by atoms with van der Waals surface area (Å²) in [5.74, 6) is 1.20. The minimum Gasteiger partial charge on any atom is -0.465 e. The molecule has 1 aliphatic rings. The highest BCUT2D eigenvalue weighted by atomic mass is 35.5. The van der Waals surface area contributed by atoms with E-state index in [0.717, 1.165) is 24.2 Å². The standard InChI is InChI=1S/C20H18ClN3O2.ClH/c1-24-17(15-9-8-13(12-16(15)21)18(25)26-2)22-23-19(24)20(10-11-20)14-6-4-3-5-7-14;/h3-9,12H,10-11H2,1-2H3;1H. The molecule has 1 aromatic heterocycles. The number of carbonyl (C=O) groups is 1. The van der Waals surface area contributed by atoms with E-state index in [9.17, 15) is 4.79 Å². The van der Waals surface area contributed by atoms with E-state index in [1.807, 2.05) is 17.7 Å². The fraction of sp³-hybridized carbons (Fsp3) is 0.250. The molecule has 140 valence electrons. The number of benzene rings is 2. The van der Waals surface area contributed by atoms with Gasteiger partial charge < -0.3 is 9.30 Å². The highest BCUT2D eigenvalue weighted by molar-refractivity contribution is 6.33. The number of rotatable bonds is 4. The minimum absolute atomic E-state index is 0. The number of esters is 1. The molecule has 27 heavy (non-hydrogen) atoms. The smallest absolute Gasteiger partial charge is 0.337 e. The van der Waals surface area contributed by atoms with Crippen LogP contribution in [0.1, 0.15) is 34.6 Å². The van der Waals surface area contributed by atoms with Gasteiger partial charge in [-0.15, -0.1) is 22.6 Å². The van der Waals surface area contributed by atoms with Crippen LogP contribution in [0, 0.1) is 0 Å². The number of hydrogen-bond donors (Lipinski definition) is 0. The van der Waals surface area contributed by atoms with Gasteiger partial charge in [0.2, 0.25) is 0 Å². The van der Waals surface area contributed by atoms with Gasteiger partial charge in [-0.2, -0.15) is 0 Å². The van der Waals surface area contributed by atoms with Gasteiger partial charge in [0.1, 0.15) is 5.82 Å². The first-order valence-corrected chi connectivity index (χ1v) is 8.78. The zero-order valence-electron chi connectivity index (χ0n) is 15.0. The van der Waals surface area contributed by atoms with Crippen LogP contribution >= 0.6 is 24.0 Å². The minimum atomic E-state index is -0.418. The van der Waals surface area contributed by atoms with Crippen LogP contribution in [0.4, 0.5) is 0 Å². The molecule has 2 aromatic carbocycles. The third kappa shape index (κ3) is 3.22. The Hall–Kier alpha value is -2.37. The zero-order chi connectivity index (χ0) is 18.3. The molecule has 1 saturated carbocycles. The van der Waals surface area contributed by atoms with Crippen LogP contribution in [-0.2, 0) is 17.2 Å². The molecule has 0 atom stereocenters. The Morgan fingerprint density at radius 1 is 1.15 bits per heavy atom. The molecular formula is C20H19Cl2N3O2. The highest BCUT2D eigenvalue weighted by Gasteiger charge is 2.49. The van der Waals surface area contributed by atoms with E-state index in [1.54, 1.807) is 18.2 Å². The van der Waals surface area contributed by atoms with E-state index >= 15 is 0 Å². The monoisotopic (exact) mass is 403 g/mol. The lowest BCUT2D eigenvalue weighted by Gasteiger charge is -2.15. The van der Waals surface area contributed by atoms with E-state index in [-0.39, 0.29) is 17.8 Å². The maximum atomic E-state index is 11.7. The summed E-state index contributed by atoms with van der Waals surface area (Å²) in [5, 5.41) is 9.31. The van der Waals surface area contributed by atoms with Crippen molar-refractivity contribution in [3.05, 3.63) is 70.5 Å². The van der Waals surface area contributed by atoms with Gasteiger partial charge >= 0.3 is 5.97 Å². The van der Waals surface area contributed by atoms with Gasteiger partial charge in [0.25, 0.3) is 0 Å². The van der Waals surface area contributed by atoms with Crippen LogP contribution in [0.5, 0.6) is 0 Å². The highest BCUT2D eigenvalue weighted by Crippen LogP contribution is 2.53. The maximum absolute atomic E-state index is 11.7. The molecule has 4 rings (SSSR count). The number of methoxy groups -OCH3 is 1. The van der Waals surface area contributed by atoms with Crippen molar-refractivity contribution in [2.75, 3.05) is 7.11 Å². The number of ether oxygens (including phenoxy) is 1. The maximum Gasteiger partial charge on any atom is 0.337 e. The third-order valence-electron chi connectivity index (χ3n) is 5.01. The van der Waals surface area contributed by atoms with Crippen molar-refractivity contribution in [3.63, 3.8) is 0 Å². The van der Waals surface area contributed by atoms with Gasteiger partial charge in [0.15, 0.2) is 5.82 Å². The summed E-state index contributed by atoms with van der Waals surface area (Å²) in [6, 6.07) is 15.5. The van der Waals surface area contributed by atoms with Gasteiger partial charge in [0, 0.05) is 12.6 Å². The van der Waals surface area contributed by atoms with Crippen LogP contribution in [0.15, 0.2) is 48.5 Å². The average Bonchev–Trinajstić information content (AvgIpc) is 3.39. The van der Waals surface area contributed by atoms with Crippen LogP contribution in [0.3, 0.4) is 0 Å². The second-order valence-electron chi connectivity index (χ2n) is 6.54. The Balaban J connectivity index is 0.00000210. The predicted octanol–water partition coefficient (Wildman–Crippen LogP) is 4.42. The predicted molar refractivity (Wildman–Crippen MR) is 106 cm³/mol. The first kappa shape index (κ1) is 19.4. The van der Waals surface area contributed by atoms with Crippen LogP contribution in [-0.4, -0.2) is 27.8 Å². The van der Waals surface area contributed by atoms with Crippen LogP contribution in [0.2, 0.25) is 5.02 Å². The van der Waals surface area contributed by atoms with Gasteiger partial charge in [-0.1, -0.05) is 41.9 Å². The molecule has 0 spiro atoms. The molecule has 1 fully saturated rings. The summed E-state index contributed by atoms with van der Waals surface area (Å²) < 4.78 is 6.73. The zero-order valence-corrected chi connectivity index (χ0v) is 16.5.